The maximum absolute atomic E-state index is 14.1. The quantitative estimate of drug-likeness (QED) is 0.326. The van der Waals surface area contributed by atoms with Crippen LogP contribution in [0.4, 0.5) is 10.2 Å². The number of aromatic nitrogens is 4. The molecule has 168 valence electrons. The lowest BCUT2D eigenvalue weighted by Crippen LogP contribution is -2.10. The zero-order valence-corrected chi connectivity index (χ0v) is 20.1. The molecule has 0 bridgehead atoms. The summed E-state index contributed by atoms with van der Waals surface area (Å²) in [6.45, 7) is 0.402. The van der Waals surface area contributed by atoms with Crippen molar-refractivity contribution in [3.8, 4) is 11.5 Å². The van der Waals surface area contributed by atoms with Crippen LogP contribution < -0.4 is 5.73 Å². The lowest BCUT2D eigenvalue weighted by atomic mass is 10.1. The highest BCUT2D eigenvalue weighted by atomic mass is 79.9. The first kappa shape index (κ1) is 22.0. The summed E-state index contributed by atoms with van der Waals surface area (Å²) in [5, 5.41) is 1.33. The third-order valence-corrected chi connectivity index (χ3v) is 6.83. The molecule has 11 heteroatoms. The van der Waals surface area contributed by atoms with Gasteiger partial charge in [-0.1, -0.05) is 51.8 Å². The predicted octanol–water partition coefficient (Wildman–Crippen LogP) is 5.79. The minimum atomic E-state index is -0.561. The van der Waals surface area contributed by atoms with Gasteiger partial charge in [0.2, 0.25) is 5.09 Å². The van der Waals surface area contributed by atoms with Crippen LogP contribution in [-0.2, 0) is 22.4 Å². The third kappa shape index (κ3) is 4.50. The molecule has 3 aliphatic rings. The third-order valence-electron chi connectivity index (χ3n) is 5.00. The zero-order chi connectivity index (χ0) is 22.9. The number of thioether (sulfide) groups is 1. The van der Waals surface area contributed by atoms with Crippen LogP contribution in [0.2, 0.25) is 5.02 Å². The molecular formula is C22H16BrClFN5O2S. The molecule has 1 unspecified atom stereocenters. The van der Waals surface area contributed by atoms with Crippen molar-refractivity contribution >= 4 is 45.1 Å². The zero-order valence-electron chi connectivity index (χ0n) is 16.9. The Bertz CT molecular complexity index is 1310. The highest BCUT2D eigenvalue weighted by Gasteiger charge is 2.27. The largest absolute Gasteiger partial charge is 0.454 e. The highest BCUT2D eigenvalue weighted by Crippen LogP contribution is 2.40. The molecule has 1 atom stereocenters. The summed E-state index contributed by atoms with van der Waals surface area (Å²) in [6.07, 6.45) is 2.90. The summed E-state index contributed by atoms with van der Waals surface area (Å²) in [5.41, 5.74) is 7.79. The van der Waals surface area contributed by atoms with Crippen molar-refractivity contribution in [1.82, 2.24) is 19.5 Å². The Kier molecular flexibility index (Phi) is 6.13. The van der Waals surface area contributed by atoms with Crippen LogP contribution in [0, 0.1) is 5.82 Å². The average Bonchev–Trinajstić information content (AvgIpc) is 3.43. The van der Waals surface area contributed by atoms with Crippen molar-refractivity contribution in [2.24, 2.45) is 0 Å². The number of anilines is 1. The number of aryl methyl sites for hydroxylation is 1. The molecule has 0 amide bonds. The first-order valence-electron chi connectivity index (χ1n) is 9.85. The number of nitrogen functional groups attached to an aromatic ring is 1. The first-order chi connectivity index (χ1) is 16.0. The molecule has 5 rings (SSSR count). The molecule has 2 N–H and O–H groups in total. The SMILES string of the molecule is Nc1ncn(CCc2c(F)cccc2Cl)c2nc(SC3=COC(c4ccccc4Br)O3)nc1-2. The summed E-state index contributed by atoms with van der Waals surface area (Å²) in [6, 6.07) is 12.3. The van der Waals surface area contributed by atoms with Gasteiger partial charge in [-0.2, -0.15) is 0 Å². The van der Waals surface area contributed by atoms with Gasteiger partial charge in [-0.05, 0) is 36.4 Å². The molecule has 0 spiro atoms. The standard InChI is InChI=1S/C22H16BrClFN5O2S/c23-14-5-2-1-4-12(14)21-31-10-17(32-21)33-22-28-18-19(26)27-11-30(20(18)29-22)9-8-13-15(24)6-3-7-16(13)25/h1-7,10-11,21H,8-9,26H2. The van der Waals surface area contributed by atoms with Crippen LogP contribution in [0.5, 0.6) is 0 Å². The van der Waals surface area contributed by atoms with Crippen LogP contribution in [0.15, 0.2) is 69.8 Å². The van der Waals surface area contributed by atoms with E-state index in [9.17, 15) is 4.39 Å². The number of halogens is 3. The molecule has 7 nitrogen and oxygen atoms in total. The van der Waals surface area contributed by atoms with Gasteiger partial charge in [0.05, 0.1) is 6.33 Å². The van der Waals surface area contributed by atoms with Gasteiger partial charge in [0.1, 0.15) is 12.1 Å². The predicted molar refractivity (Wildman–Crippen MR) is 127 cm³/mol. The lowest BCUT2D eigenvalue weighted by Gasteiger charge is -2.12. The molecule has 0 fully saturated rings. The van der Waals surface area contributed by atoms with E-state index in [1.807, 2.05) is 24.3 Å². The van der Waals surface area contributed by atoms with Crippen molar-refractivity contribution in [2.45, 2.75) is 24.4 Å². The molecule has 0 radical (unpaired) electrons. The van der Waals surface area contributed by atoms with Gasteiger partial charge in [-0.3, -0.25) is 0 Å². The second-order valence-corrected chi connectivity index (χ2v) is 9.33. The first-order valence-corrected chi connectivity index (χ1v) is 11.8. The van der Waals surface area contributed by atoms with Gasteiger partial charge in [-0.25, -0.2) is 19.3 Å². The highest BCUT2D eigenvalue weighted by molar-refractivity contribution is 9.10. The van der Waals surface area contributed by atoms with Crippen molar-refractivity contribution in [2.75, 3.05) is 5.73 Å². The van der Waals surface area contributed by atoms with E-state index in [2.05, 4.69) is 30.9 Å². The molecule has 0 saturated heterocycles. The topological polar surface area (TPSA) is 88.1 Å². The molecule has 2 aromatic rings. The Hall–Kier alpha value is -2.82. The summed E-state index contributed by atoms with van der Waals surface area (Å²) < 4.78 is 28.4. The smallest absolute Gasteiger partial charge is 0.268 e. The van der Waals surface area contributed by atoms with Gasteiger partial charge < -0.3 is 19.8 Å². The number of hydrogen-bond acceptors (Lipinski definition) is 7. The number of rotatable bonds is 6. The van der Waals surface area contributed by atoms with Crippen LogP contribution in [0.1, 0.15) is 17.4 Å². The van der Waals surface area contributed by atoms with Gasteiger partial charge in [-0.15, -0.1) is 0 Å². The molecule has 3 heterocycles. The molecular weight excluding hydrogens is 533 g/mol. The number of nitrogens with zero attached hydrogens (tertiary/aromatic N) is 4. The number of ether oxygens (including phenoxy) is 2. The Morgan fingerprint density at radius 1 is 1.18 bits per heavy atom. The summed E-state index contributed by atoms with van der Waals surface area (Å²) >= 11 is 10.9. The van der Waals surface area contributed by atoms with E-state index in [0.29, 0.717) is 45.3 Å². The number of fused-ring (bicyclic) bond motifs is 1. The van der Waals surface area contributed by atoms with Crippen LogP contribution in [0.3, 0.4) is 0 Å². The Balaban J connectivity index is 1.34. The normalized spacial score (nSPS) is 15.4. The van der Waals surface area contributed by atoms with Crippen LogP contribution in [0.25, 0.3) is 11.5 Å². The Labute approximate surface area is 206 Å². The van der Waals surface area contributed by atoms with Crippen molar-refractivity contribution in [3.05, 3.63) is 86.6 Å². The minimum Gasteiger partial charge on any atom is -0.454 e. The molecule has 33 heavy (non-hydrogen) atoms. The number of benzene rings is 2. The van der Waals surface area contributed by atoms with E-state index in [1.54, 1.807) is 23.0 Å². The van der Waals surface area contributed by atoms with E-state index in [-0.39, 0.29) is 11.6 Å². The second-order valence-electron chi connectivity index (χ2n) is 7.10. The fourth-order valence-corrected chi connectivity index (χ4v) is 4.78. The van der Waals surface area contributed by atoms with Crippen molar-refractivity contribution < 1.29 is 13.9 Å². The van der Waals surface area contributed by atoms with Gasteiger partial charge in [0.15, 0.2) is 22.5 Å². The lowest BCUT2D eigenvalue weighted by molar-refractivity contribution is -0.0278. The van der Waals surface area contributed by atoms with E-state index in [4.69, 9.17) is 26.8 Å². The van der Waals surface area contributed by atoms with Crippen LogP contribution in [-0.4, -0.2) is 19.5 Å². The summed E-state index contributed by atoms with van der Waals surface area (Å²) in [5.74, 6) is 0.449. The second kappa shape index (κ2) is 9.20. The van der Waals surface area contributed by atoms with E-state index < -0.39 is 6.29 Å². The van der Waals surface area contributed by atoms with E-state index >= 15 is 0 Å². The molecule has 3 aliphatic heterocycles. The molecule has 0 saturated carbocycles. The van der Waals surface area contributed by atoms with Gasteiger partial charge in [0, 0.05) is 27.2 Å². The fraction of sp³-hybridized carbons (Fsp3) is 0.136. The summed E-state index contributed by atoms with van der Waals surface area (Å²) in [7, 11) is 0. The average molecular weight is 549 g/mol. The van der Waals surface area contributed by atoms with Crippen LogP contribution >= 0.6 is 39.3 Å². The maximum Gasteiger partial charge on any atom is 0.268 e. The van der Waals surface area contributed by atoms with Crippen molar-refractivity contribution in [1.29, 1.82) is 0 Å². The minimum absolute atomic E-state index is 0.258. The Morgan fingerprint density at radius 2 is 2.03 bits per heavy atom. The molecule has 0 aliphatic carbocycles. The van der Waals surface area contributed by atoms with Crippen molar-refractivity contribution in [3.63, 3.8) is 0 Å². The summed E-state index contributed by atoms with van der Waals surface area (Å²) in [4.78, 5) is 13.3. The van der Waals surface area contributed by atoms with Gasteiger partial charge >= 0.3 is 0 Å². The number of hydrogen-bond donors (Lipinski definition) is 1. The number of imidazole rings is 1. The van der Waals surface area contributed by atoms with E-state index in [0.717, 1.165) is 10.0 Å². The van der Waals surface area contributed by atoms with Gasteiger partial charge in [0.25, 0.3) is 6.29 Å². The number of nitrogens with two attached hydrogens (primary N) is 1. The van der Waals surface area contributed by atoms with E-state index in [1.165, 1.54) is 24.1 Å². The molecule has 2 aromatic carbocycles. The maximum atomic E-state index is 14.1. The Morgan fingerprint density at radius 3 is 2.85 bits per heavy atom. The fourth-order valence-electron chi connectivity index (χ4n) is 3.37. The monoisotopic (exact) mass is 547 g/mol. The molecule has 0 aromatic heterocycles.